The minimum Gasteiger partial charge on any atom is -0.481 e. The maximum atomic E-state index is 11.5. The Morgan fingerprint density at radius 3 is 2.60 bits per heavy atom. The summed E-state index contributed by atoms with van der Waals surface area (Å²) in [6, 6.07) is -0.185. The molecule has 1 unspecified atom stereocenters. The summed E-state index contributed by atoms with van der Waals surface area (Å²) >= 11 is 0. The molecule has 1 saturated carbocycles. The van der Waals surface area contributed by atoms with Gasteiger partial charge in [0.15, 0.2) is 0 Å². The Morgan fingerprint density at radius 1 is 1.53 bits per heavy atom. The Morgan fingerprint density at radius 2 is 2.13 bits per heavy atom. The molecule has 1 rings (SSSR count). The van der Waals surface area contributed by atoms with Crippen molar-refractivity contribution in [2.24, 2.45) is 11.8 Å². The normalized spacial score (nSPS) is 16.9. The van der Waals surface area contributed by atoms with Gasteiger partial charge in [-0.3, -0.25) is 4.79 Å². The Labute approximate surface area is 89.4 Å². The summed E-state index contributed by atoms with van der Waals surface area (Å²) in [6.07, 6.45) is 2.40. The van der Waals surface area contributed by atoms with Gasteiger partial charge in [-0.1, -0.05) is 6.92 Å². The second-order valence-electron chi connectivity index (χ2n) is 4.25. The van der Waals surface area contributed by atoms with Crippen LogP contribution in [-0.4, -0.2) is 42.1 Å². The van der Waals surface area contributed by atoms with Crippen molar-refractivity contribution in [3.63, 3.8) is 0 Å². The van der Waals surface area contributed by atoms with Crippen LogP contribution in [0.2, 0.25) is 0 Å². The van der Waals surface area contributed by atoms with E-state index in [4.69, 9.17) is 5.11 Å². The molecule has 5 heteroatoms. The highest BCUT2D eigenvalue weighted by Gasteiger charge is 2.25. The first-order valence-electron chi connectivity index (χ1n) is 5.22. The lowest BCUT2D eigenvalue weighted by Crippen LogP contribution is -2.41. The zero-order valence-electron chi connectivity index (χ0n) is 9.19. The molecular formula is C10H18N2O3. The number of nitrogens with zero attached hydrogens (tertiary/aromatic N) is 1. The highest BCUT2D eigenvalue weighted by atomic mass is 16.4. The fourth-order valence-corrected chi connectivity index (χ4v) is 1.23. The maximum absolute atomic E-state index is 11.5. The Balaban J connectivity index is 2.18. The molecule has 1 aliphatic rings. The second-order valence-corrected chi connectivity index (χ2v) is 4.25. The number of carbonyl (C=O) groups is 2. The summed E-state index contributed by atoms with van der Waals surface area (Å²) in [5.41, 5.74) is 0. The number of rotatable bonds is 5. The van der Waals surface area contributed by atoms with E-state index < -0.39 is 11.9 Å². The average molecular weight is 214 g/mol. The lowest BCUT2D eigenvalue weighted by molar-refractivity contribution is -0.140. The van der Waals surface area contributed by atoms with E-state index in [1.165, 1.54) is 12.8 Å². The average Bonchev–Trinajstić information content (AvgIpc) is 2.96. The largest absolute Gasteiger partial charge is 0.481 e. The predicted octanol–water partition coefficient (Wildman–Crippen LogP) is 0.758. The molecule has 0 aromatic carbocycles. The van der Waals surface area contributed by atoms with Gasteiger partial charge >= 0.3 is 12.0 Å². The summed E-state index contributed by atoms with van der Waals surface area (Å²) < 4.78 is 0. The van der Waals surface area contributed by atoms with E-state index >= 15 is 0 Å². The van der Waals surface area contributed by atoms with Crippen LogP contribution in [0.5, 0.6) is 0 Å². The minimum atomic E-state index is -0.889. The molecule has 1 atom stereocenters. The first-order chi connectivity index (χ1) is 7.00. The summed E-state index contributed by atoms with van der Waals surface area (Å²) in [7, 11) is 1.74. The monoisotopic (exact) mass is 214 g/mol. The van der Waals surface area contributed by atoms with Crippen LogP contribution in [0.1, 0.15) is 19.8 Å². The Bertz CT molecular complexity index is 251. The third-order valence-corrected chi connectivity index (χ3v) is 2.56. The molecule has 0 spiro atoms. The van der Waals surface area contributed by atoms with Gasteiger partial charge in [0.1, 0.15) is 0 Å². The third kappa shape index (κ3) is 4.18. The summed E-state index contributed by atoms with van der Waals surface area (Å²) in [4.78, 5) is 23.6. The number of amides is 2. The number of aliphatic carboxylic acids is 1. The van der Waals surface area contributed by atoms with Crippen molar-refractivity contribution in [1.82, 2.24) is 10.2 Å². The molecular weight excluding hydrogens is 196 g/mol. The highest BCUT2D eigenvalue weighted by molar-refractivity contribution is 5.75. The van der Waals surface area contributed by atoms with E-state index in [0.717, 1.165) is 6.54 Å². The van der Waals surface area contributed by atoms with Crippen LogP contribution in [0, 0.1) is 11.8 Å². The molecule has 0 aliphatic heterocycles. The number of carbonyl (C=O) groups excluding carboxylic acids is 1. The molecule has 1 fully saturated rings. The first kappa shape index (κ1) is 11.8. The maximum Gasteiger partial charge on any atom is 0.317 e. The molecule has 86 valence electrons. The molecule has 0 bridgehead atoms. The van der Waals surface area contributed by atoms with Crippen molar-refractivity contribution in [2.45, 2.75) is 19.8 Å². The fraction of sp³-hybridized carbons (Fsp3) is 0.800. The first-order valence-corrected chi connectivity index (χ1v) is 5.22. The molecule has 1 aliphatic carbocycles. The van der Waals surface area contributed by atoms with Gasteiger partial charge in [0.05, 0.1) is 5.92 Å². The number of hydrogen-bond donors (Lipinski definition) is 2. The van der Waals surface area contributed by atoms with Crippen molar-refractivity contribution in [1.29, 1.82) is 0 Å². The van der Waals surface area contributed by atoms with E-state index in [-0.39, 0.29) is 12.6 Å². The lowest BCUT2D eigenvalue weighted by atomic mass is 10.2. The van der Waals surface area contributed by atoms with Gasteiger partial charge in [0.2, 0.25) is 0 Å². The van der Waals surface area contributed by atoms with Gasteiger partial charge in [-0.05, 0) is 18.8 Å². The zero-order valence-corrected chi connectivity index (χ0v) is 9.19. The molecule has 0 heterocycles. The SMILES string of the molecule is CC(CNC(=O)N(C)CC1CC1)C(=O)O. The summed E-state index contributed by atoms with van der Waals surface area (Å²) in [6.45, 7) is 2.53. The van der Waals surface area contributed by atoms with E-state index in [1.54, 1.807) is 18.9 Å². The predicted molar refractivity (Wildman–Crippen MR) is 55.6 cm³/mol. The van der Waals surface area contributed by atoms with Crippen LogP contribution in [0.3, 0.4) is 0 Å². The number of nitrogens with one attached hydrogen (secondary N) is 1. The van der Waals surface area contributed by atoms with Crippen LogP contribution < -0.4 is 5.32 Å². The van der Waals surface area contributed by atoms with E-state index in [0.29, 0.717) is 5.92 Å². The van der Waals surface area contributed by atoms with E-state index in [9.17, 15) is 9.59 Å². The lowest BCUT2D eigenvalue weighted by Gasteiger charge is -2.18. The number of hydrogen-bond acceptors (Lipinski definition) is 2. The summed E-state index contributed by atoms with van der Waals surface area (Å²) in [5.74, 6) is -0.777. The topological polar surface area (TPSA) is 69.6 Å². The van der Waals surface area contributed by atoms with Crippen LogP contribution in [0.25, 0.3) is 0 Å². The standard InChI is InChI=1S/C10H18N2O3/c1-7(9(13)14)5-11-10(15)12(2)6-8-3-4-8/h7-8H,3-6H2,1-2H3,(H,11,15)(H,13,14). The van der Waals surface area contributed by atoms with E-state index in [2.05, 4.69) is 5.32 Å². The van der Waals surface area contributed by atoms with Gasteiger partial charge in [-0.15, -0.1) is 0 Å². The minimum absolute atomic E-state index is 0.184. The van der Waals surface area contributed by atoms with Gasteiger partial charge in [-0.2, -0.15) is 0 Å². The zero-order chi connectivity index (χ0) is 11.4. The van der Waals surface area contributed by atoms with Crippen LogP contribution >= 0.6 is 0 Å². The molecule has 2 amide bonds. The van der Waals surface area contributed by atoms with Gasteiger partial charge in [0, 0.05) is 20.1 Å². The fourth-order valence-electron chi connectivity index (χ4n) is 1.23. The van der Waals surface area contributed by atoms with Crippen molar-refractivity contribution in [3.05, 3.63) is 0 Å². The molecule has 0 saturated heterocycles. The van der Waals surface area contributed by atoms with Crippen LogP contribution in [0.4, 0.5) is 4.79 Å². The van der Waals surface area contributed by atoms with Crippen LogP contribution in [-0.2, 0) is 4.79 Å². The number of carboxylic acids is 1. The summed E-state index contributed by atoms with van der Waals surface area (Å²) in [5, 5.41) is 11.2. The molecule has 15 heavy (non-hydrogen) atoms. The quantitative estimate of drug-likeness (QED) is 0.709. The number of urea groups is 1. The molecule has 5 nitrogen and oxygen atoms in total. The van der Waals surface area contributed by atoms with Gasteiger partial charge in [0.25, 0.3) is 0 Å². The highest BCUT2D eigenvalue weighted by Crippen LogP contribution is 2.29. The number of carboxylic acid groups (broad SMARTS) is 1. The smallest absolute Gasteiger partial charge is 0.317 e. The Hall–Kier alpha value is -1.26. The van der Waals surface area contributed by atoms with E-state index in [1.807, 2.05) is 0 Å². The molecule has 0 aromatic heterocycles. The van der Waals surface area contributed by atoms with Crippen molar-refractivity contribution in [3.8, 4) is 0 Å². The van der Waals surface area contributed by atoms with Gasteiger partial charge < -0.3 is 15.3 Å². The van der Waals surface area contributed by atoms with Crippen LogP contribution in [0.15, 0.2) is 0 Å². The van der Waals surface area contributed by atoms with Gasteiger partial charge in [-0.25, -0.2) is 4.79 Å². The second kappa shape index (κ2) is 5.00. The molecule has 0 aromatic rings. The third-order valence-electron chi connectivity index (χ3n) is 2.56. The Kier molecular flexibility index (Phi) is 3.94. The van der Waals surface area contributed by atoms with Crippen molar-refractivity contribution in [2.75, 3.05) is 20.1 Å². The van der Waals surface area contributed by atoms with Crippen molar-refractivity contribution < 1.29 is 14.7 Å². The molecule has 0 radical (unpaired) electrons. The van der Waals surface area contributed by atoms with Crippen molar-refractivity contribution >= 4 is 12.0 Å². The molecule has 2 N–H and O–H groups in total.